The fourth-order valence-corrected chi connectivity index (χ4v) is 0.835. The van der Waals surface area contributed by atoms with Gasteiger partial charge in [-0.25, -0.2) is 4.98 Å². The second-order valence-electron chi connectivity index (χ2n) is 1.30. The van der Waals surface area contributed by atoms with Gasteiger partial charge in [-0.1, -0.05) is 0 Å². The molecular formula is C4H4N3OS. The molecule has 0 bridgehead atoms. The molecule has 0 unspecified atom stereocenters. The zero-order chi connectivity index (χ0) is 6.53. The van der Waals surface area contributed by atoms with E-state index in [1.54, 1.807) is 5.51 Å². The Bertz CT molecular complexity index is 174. The number of amides is 1. The summed E-state index contributed by atoms with van der Waals surface area (Å²) in [6, 6.07) is 0. The lowest BCUT2D eigenvalue weighted by molar-refractivity contribution is 0.540. The largest absolute Gasteiger partial charge is 0.340 e. The second-order valence-corrected chi connectivity index (χ2v) is 1.91. The third-order valence-corrected chi connectivity index (χ3v) is 1.24. The molecule has 0 atom stereocenters. The van der Waals surface area contributed by atoms with E-state index in [0.29, 0.717) is 12.4 Å². The zero-order valence-corrected chi connectivity index (χ0v) is 5.31. The number of aromatic nitrogens is 2. The van der Waals surface area contributed by atoms with Crippen molar-refractivity contribution in [1.29, 1.82) is 0 Å². The topological polar surface area (TPSA) is 54.9 Å². The number of carbonyl (C=O) groups excluding carboxylic acids is 1. The predicted molar refractivity (Wildman–Crippen MR) is 32.4 cm³/mol. The van der Waals surface area contributed by atoms with Gasteiger partial charge in [-0.05, 0) is 11.5 Å². The summed E-state index contributed by atoms with van der Waals surface area (Å²) in [6.07, 6.45) is 1.53. The highest BCUT2D eigenvalue weighted by Crippen LogP contribution is 1.91. The van der Waals surface area contributed by atoms with Gasteiger partial charge in [0.2, 0.25) is 0 Å². The predicted octanol–water partition coefficient (Wildman–Crippen LogP) is -0.305. The normalized spacial score (nSPS) is 8.89. The first-order valence-electron chi connectivity index (χ1n) is 2.28. The second kappa shape index (κ2) is 3.13. The third kappa shape index (κ3) is 1.77. The molecule has 9 heavy (non-hydrogen) atoms. The molecule has 1 rings (SSSR count). The Kier molecular flexibility index (Phi) is 2.14. The van der Waals surface area contributed by atoms with Crippen molar-refractivity contribution < 1.29 is 4.79 Å². The van der Waals surface area contributed by atoms with Crippen LogP contribution >= 0.6 is 11.5 Å². The molecule has 1 heterocycles. The molecule has 1 radical (unpaired) electrons. The van der Waals surface area contributed by atoms with Gasteiger partial charge in [-0.2, -0.15) is 4.37 Å². The Morgan fingerprint density at radius 1 is 1.89 bits per heavy atom. The van der Waals surface area contributed by atoms with Gasteiger partial charge in [0, 0.05) is 0 Å². The van der Waals surface area contributed by atoms with Crippen LogP contribution < -0.4 is 5.32 Å². The molecule has 0 aliphatic heterocycles. The molecule has 1 aromatic heterocycles. The zero-order valence-electron chi connectivity index (χ0n) is 4.50. The van der Waals surface area contributed by atoms with Crippen LogP contribution in [0.3, 0.4) is 0 Å². The van der Waals surface area contributed by atoms with Gasteiger partial charge in [0.1, 0.15) is 5.51 Å². The first kappa shape index (κ1) is 6.15. The van der Waals surface area contributed by atoms with Crippen molar-refractivity contribution in [3.63, 3.8) is 0 Å². The van der Waals surface area contributed by atoms with E-state index < -0.39 is 0 Å². The monoisotopic (exact) mass is 142 g/mol. The third-order valence-electron chi connectivity index (χ3n) is 0.726. The quantitative estimate of drug-likeness (QED) is 0.589. The van der Waals surface area contributed by atoms with Crippen LogP contribution in [0.2, 0.25) is 0 Å². The Morgan fingerprint density at radius 3 is 3.33 bits per heavy atom. The van der Waals surface area contributed by atoms with E-state index in [1.807, 2.05) is 0 Å². The van der Waals surface area contributed by atoms with Crippen LogP contribution in [0.25, 0.3) is 0 Å². The number of nitrogens with zero attached hydrogens (tertiary/aromatic N) is 2. The molecule has 0 aliphatic carbocycles. The highest BCUT2D eigenvalue weighted by atomic mass is 32.1. The summed E-state index contributed by atoms with van der Waals surface area (Å²) in [6.45, 7) is 0.368. The van der Waals surface area contributed by atoms with Gasteiger partial charge in [0.05, 0.1) is 6.54 Å². The molecule has 0 aromatic carbocycles. The van der Waals surface area contributed by atoms with Crippen molar-refractivity contribution in [2.75, 3.05) is 0 Å². The summed E-state index contributed by atoms with van der Waals surface area (Å²) in [4.78, 5) is 13.4. The Hall–Kier alpha value is -0.970. The molecule has 1 aromatic rings. The molecule has 0 spiro atoms. The standard InChI is InChI=1S/C4H4N3OS/c8-2-5-1-4-6-3-9-7-4/h3H,1H2,(H,5,8). The van der Waals surface area contributed by atoms with Crippen molar-refractivity contribution in [1.82, 2.24) is 14.7 Å². The number of hydrogen-bond acceptors (Lipinski definition) is 4. The van der Waals surface area contributed by atoms with Crippen molar-refractivity contribution in [3.05, 3.63) is 11.3 Å². The molecule has 1 amide bonds. The summed E-state index contributed by atoms with van der Waals surface area (Å²) in [5.41, 5.74) is 1.61. The summed E-state index contributed by atoms with van der Waals surface area (Å²) in [5, 5.41) is 2.33. The lowest BCUT2D eigenvalue weighted by Gasteiger charge is -1.86. The molecule has 1 N–H and O–H groups in total. The molecule has 0 saturated heterocycles. The lowest BCUT2D eigenvalue weighted by atomic mass is 10.6. The summed E-state index contributed by atoms with van der Waals surface area (Å²) >= 11 is 1.26. The average Bonchev–Trinajstić information content (AvgIpc) is 2.34. The van der Waals surface area contributed by atoms with Crippen molar-refractivity contribution in [2.24, 2.45) is 0 Å². The van der Waals surface area contributed by atoms with Crippen LogP contribution in [-0.4, -0.2) is 15.8 Å². The van der Waals surface area contributed by atoms with Crippen molar-refractivity contribution in [2.45, 2.75) is 6.54 Å². The van der Waals surface area contributed by atoms with Gasteiger partial charge < -0.3 is 5.32 Å². The average molecular weight is 142 g/mol. The van der Waals surface area contributed by atoms with E-state index in [-0.39, 0.29) is 0 Å². The number of rotatable bonds is 3. The number of nitrogens with one attached hydrogen (secondary N) is 1. The van der Waals surface area contributed by atoms with Crippen molar-refractivity contribution in [3.8, 4) is 0 Å². The fraction of sp³-hybridized carbons (Fsp3) is 0.250. The maximum Gasteiger partial charge on any atom is 0.309 e. The minimum Gasteiger partial charge on any atom is -0.340 e. The fourth-order valence-electron chi connectivity index (χ4n) is 0.385. The SMILES string of the molecule is O=[C]NCc1ncsn1. The molecule has 4 nitrogen and oxygen atoms in total. The summed E-state index contributed by atoms with van der Waals surface area (Å²) < 4.78 is 3.84. The van der Waals surface area contributed by atoms with Crippen LogP contribution in [0.4, 0.5) is 0 Å². The maximum atomic E-state index is 9.61. The smallest absolute Gasteiger partial charge is 0.309 e. The van der Waals surface area contributed by atoms with Crippen molar-refractivity contribution >= 4 is 17.9 Å². The Labute approximate surface area is 56.1 Å². The van der Waals surface area contributed by atoms with Crippen LogP contribution in [0, 0.1) is 0 Å². The van der Waals surface area contributed by atoms with E-state index in [9.17, 15) is 4.79 Å². The van der Waals surface area contributed by atoms with Gasteiger partial charge in [0.25, 0.3) is 0 Å². The van der Waals surface area contributed by atoms with Gasteiger partial charge in [-0.15, -0.1) is 0 Å². The van der Waals surface area contributed by atoms with E-state index in [4.69, 9.17) is 0 Å². The van der Waals surface area contributed by atoms with Crippen LogP contribution in [-0.2, 0) is 11.3 Å². The summed E-state index contributed by atoms with van der Waals surface area (Å²) in [5.74, 6) is 0.628. The number of hydrogen-bond donors (Lipinski definition) is 1. The van der Waals surface area contributed by atoms with E-state index in [1.165, 1.54) is 17.9 Å². The van der Waals surface area contributed by atoms with E-state index in [2.05, 4.69) is 14.7 Å². The molecule has 5 heteroatoms. The van der Waals surface area contributed by atoms with Gasteiger partial charge >= 0.3 is 6.41 Å². The lowest BCUT2D eigenvalue weighted by Crippen LogP contribution is -2.10. The van der Waals surface area contributed by atoms with E-state index >= 15 is 0 Å². The molecule has 0 aliphatic rings. The Morgan fingerprint density at radius 2 is 2.78 bits per heavy atom. The maximum absolute atomic E-state index is 9.61. The van der Waals surface area contributed by atoms with Crippen LogP contribution in [0.1, 0.15) is 5.82 Å². The molecule has 47 valence electrons. The highest BCUT2D eigenvalue weighted by Gasteiger charge is 1.92. The highest BCUT2D eigenvalue weighted by molar-refractivity contribution is 7.03. The summed E-state index contributed by atoms with van der Waals surface area (Å²) in [7, 11) is 0. The van der Waals surface area contributed by atoms with Crippen LogP contribution in [0.15, 0.2) is 5.51 Å². The van der Waals surface area contributed by atoms with Gasteiger partial charge in [-0.3, -0.25) is 4.79 Å². The first-order valence-corrected chi connectivity index (χ1v) is 3.12. The first-order chi connectivity index (χ1) is 4.43. The molecular weight excluding hydrogens is 138 g/mol. The minimum atomic E-state index is 0.368. The molecule has 0 saturated carbocycles. The minimum absolute atomic E-state index is 0.368. The molecule has 0 fully saturated rings. The van der Waals surface area contributed by atoms with Crippen LogP contribution in [0.5, 0.6) is 0 Å². The Balaban J connectivity index is 2.38. The van der Waals surface area contributed by atoms with Gasteiger partial charge in [0.15, 0.2) is 5.82 Å². The van der Waals surface area contributed by atoms with E-state index in [0.717, 1.165) is 0 Å².